The SMILES string of the molecule is CC(C)(C(=O)Cc1cccc(Cl)c1)c1ccccc1. The van der Waals surface area contributed by atoms with E-state index in [9.17, 15) is 4.79 Å². The van der Waals surface area contributed by atoms with E-state index in [-0.39, 0.29) is 5.78 Å². The van der Waals surface area contributed by atoms with E-state index in [0.29, 0.717) is 11.4 Å². The Morgan fingerprint density at radius 2 is 1.74 bits per heavy atom. The van der Waals surface area contributed by atoms with Crippen molar-refractivity contribution in [3.63, 3.8) is 0 Å². The summed E-state index contributed by atoms with van der Waals surface area (Å²) in [7, 11) is 0. The quantitative estimate of drug-likeness (QED) is 0.805. The molecule has 2 heteroatoms. The van der Waals surface area contributed by atoms with Crippen LogP contribution in [0.15, 0.2) is 54.6 Å². The predicted octanol–water partition coefficient (Wildman–Crippen LogP) is 4.43. The van der Waals surface area contributed by atoms with Gasteiger partial charge in [-0.3, -0.25) is 4.79 Å². The second kappa shape index (κ2) is 5.58. The summed E-state index contributed by atoms with van der Waals surface area (Å²) in [5.74, 6) is 0.195. The first-order valence-electron chi connectivity index (χ1n) is 6.33. The molecule has 0 N–H and O–H groups in total. The minimum absolute atomic E-state index is 0.195. The fourth-order valence-corrected chi connectivity index (χ4v) is 2.28. The van der Waals surface area contributed by atoms with Crippen LogP contribution in [0.5, 0.6) is 0 Å². The Labute approximate surface area is 119 Å². The number of rotatable bonds is 4. The van der Waals surface area contributed by atoms with Gasteiger partial charge in [0.2, 0.25) is 0 Å². The van der Waals surface area contributed by atoms with Crippen LogP contribution in [-0.2, 0) is 16.6 Å². The van der Waals surface area contributed by atoms with Gasteiger partial charge in [-0.1, -0.05) is 54.1 Å². The van der Waals surface area contributed by atoms with Crippen molar-refractivity contribution in [2.45, 2.75) is 25.7 Å². The standard InChI is InChI=1S/C17H17ClO/c1-17(2,14-8-4-3-5-9-14)16(19)12-13-7-6-10-15(18)11-13/h3-11H,12H2,1-2H3. The molecule has 2 rings (SSSR count). The molecule has 0 radical (unpaired) electrons. The molecule has 2 aromatic carbocycles. The molecule has 0 unspecified atom stereocenters. The molecule has 0 saturated carbocycles. The van der Waals surface area contributed by atoms with E-state index < -0.39 is 5.41 Å². The Morgan fingerprint density at radius 1 is 1.05 bits per heavy atom. The largest absolute Gasteiger partial charge is 0.298 e. The van der Waals surface area contributed by atoms with E-state index in [2.05, 4.69) is 0 Å². The molecule has 0 atom stereocenters. The minimum Gasteiger partial charge on any atom is -0.298 e. The molecule has 2 aromatic rings. The van der Waals surface area contributed by atoms with Gasteiger partial charge in [0.1, 0.15) is 5.78 Å². The van der Waals surface area contributed by atoms with Gasteiger partial charge in [0.15, 0.2) is 0 Å². The third-order valence-corrected chi connectivity index (χ3v) is 3.68. The van der Waals surface area contributed by atoms with E-state index in [1.54, 1.807) is 0 Å². The average Bonchev–Trinajstić information content (AvgIpc) is 2.39. The summed E-state index contributed by atoms with van der Waals surface area (Å²) in [6.45, 7) is 3.93. The van der Waals surface area contributed by atoms with Crippen LogP contribution in [-0.4, -0.2) is 5.78 Å². The molecule has 0 aliphatic carbocycles. The van der Waals surface area contributed by atoms with Crippen molar-refractivity contribution in [1.82, 2.24) is 0 Å². The smallest absolute Gasteiger partial charge is 0.147 e. The summed E-state index contributed by atoms with van der Waals surface area (Å²) in [4.78, 5) is 12.5. The van der Waals surface area contributed by atoms with Crippen LogP contribution in [0.4, 0.5) is 0 Å². The van der Waals surface area contributed by atoms with Crippen LogP contribution in [0.3, 0.4) is 0 Å². The summed E-state index contributed by atoms with van der Waals surface area (Å²) >= 11 is 5.95. The van der Waals surface area contributed by atoms with Crippen LogP contribution in [0.2, 0.25) is 5.02 Å². The lowest BCUT2D eigenvalue weighted by atomic mass is 9.78. The number of carbonyl (C=O) groups excluding carboxylic acids is 1. The van der Waals surface area contributed by atoms with Gasteiger partial charge in [0.25, 0.3) is 0 Å². The zero-order valence-corrected chi connectivity index (χ0v) is 11.9. The third kappa shape index (κ3) is 3.24. The zero-order valence-electron chi connectivity index (χ0n) is 11.2. The number of carbonyl (C=O) groups is 1. The first-order chi connectivity index (χ1) is 9.00. The highest BCUT2D eigenvalue weighted by Crippen LogP contribution is 2.26. The van der Waals surface area contributed by atoms with Crippen LogP contribution >= 0.6 is 11.6 Å². The van der Waals surface area contributed by atoms with Gasteiger partial charge < -0.3 is 0 Å². The molecule has 0 saturated heterocycles. The fourth-order valence-electron chi connectivity index (χ4n) is 2.07. The lowest BCUT2D eigenvalue weighted by Crippen LogP contribution is -2.30. The molecule has 1 nitrogen and oxygen atoms in total. The highest BCUT2D eigenvalue weighted by Gasteiger charge is 2.29. The molecule has 0 aliphatic rings. The Balaban J connectivity index is 2.20. The summed E-state index contributed by atoms with van der Waals surface area (Å²) in [6, 6.07) is 17.4. The maximum atomic E-state index is 12.5. The first kappa shape index (κ1) is 13.8. The predicted molar refractivity (Wildman–Crippen MR) is 79.6 cm³/mol. The number of Topliss-reactive ketones (excluding diaryl/α,β-unsaturated/α-hetero) is 1. The minimum atomic E-state index is -0.483. The van der Waals surface area contributed by atoms with E-state index in [1.807, 2.05) is 68.4 Å². The van der Waals surface area contributed by atoms with Crippen molar-refractivity contribution in [3.8, 4) is 0 Å². The number of ketones is 1. The van der Waals surface area contributed by atoms with Gasteiger partial charge >= 0.3 is 0 Å². The normalized spacial score (nSPS) is 11.3. The maximum Gasteiger partial charge on any atom is 0.147 e. The summed E-state index contributed by atoms with van der Waals surface area (Å²) in [6.07, 6.45) is 0.405. The van der Waals surface area contributed by atoms with Crippen molar-refractivity contribution >= 4 is 17.4 Å². The molecular weight excluding hydrogens is 256 g/mol. The van der Waals surface area contributed by atoms with Gasteiger partial charge in [-0.25, -0.2) is 0 Å². The molecule has 98 valence electrons. The van der Waals surface area contributed by atoms with Gasteiger partial charge in [-0.15, -0.1) is 0 Å². The molecule has 0 aliphatic heterocycles. The average molecular weight is 273 g/mol. The number of halogens is 1. The van der Waals surface area contributed by atoms with Crippen molar-refractivity contribution in [2.75, 3.05) is 0 Å². The van der Waals surface area contributed by atoms with Gasteiger partial charge in [-0.2, -0.15) is 0 Å². The fraction of sp³-hybridized carbons (Fsp3) is 0.235. The molecule has 19 heavy (non-hydrogen) atoms. The second-order valence-corrected chi connectivity index (χ2v) is 5.66. The Kier molecular flexibility index (Phi) is 4.06. The Hall–Kier alpha value is -1.60. The monoisotopic (exact) mass is 272 g/mol. The van der Waals surface area contributed by atoms with Crippen LogP contribution in [0.25, 0.3) is 0 Å². The zero-order chi connectivity index (χ0) is 13.9. The molecule has 0 fully saturated rings. The summed E-state index contributed by atoms with van der Waals surface area (Å²) in [5.41, 5.74) is 1.52. The Bertz CT molecular complexity index is 573. The molecule has 0 amide bonds. The molecule has 0 heterocycles. The van der Waals surface area contributed by atoms with Crippen molar-refractivity contribution in [2.24, 2.45) is 0 Å². The topological polar surface area (TPSA) is 17.1 Å². The highest BCUT2D eigenvalue weighted by atomic mass is 35.5. The molecular formula is C17H17ClO. The molecule has 0 aromatic heterocycles. The van der Waals surface area contributed by atoms with Crippen LogP contribution < -0.4 is 0 Å². The van der Waals surface area contributed by atoms with Gasteiger partial charge in [-0.05, 0) is 37.1 Å². The first-order valence-corrected chi connectivity index (χ1v) is 6.71. The van der Waals surface area contributed by atoms with Gasteiger partial charge in [0, 0.05) is 16.9 Å². The van der Waals surface area contributed by atoms with E-state index in [4.69, 9.17) is 11.6 Å². The van der Waals surface area contributed by atoms with E-state index in [1.165, 1.54) is 0 Å². The third-order valence-electron chi connectivity index (χ3n) is 3.45. The lowest BCUT2D eigenvalue weighted by Gasteiger charge is -2.23. The second-order valence-electron chi connectivity index (χ2n) is 5.22. The summed E-state index contributed by atoms with van der Waals surface area (Å²) < 4.78 is 0. The lowest BCUT2D eigenvalue weighted by molar-refractivity contribution is -0.122. The van der Waals surface area contributed by atoms with Gasteiger partial charge in [0.05, 0.1) is 0 Å². The molecule has 0 spiro atoms. The number of benzene rings is 2. The van der Waals surface area contributed by atoms with Crippen molar-refractivity contribution in [3.05, 3.63) is 70.7 Å². The van der Waals surface area contributed by atoms with Crippen LogP contribution in [0.1, 0.15) is 25.0 Å². The van der Waals surface area contributed by atoms with E-state index >= 15 is 0 Å². The van der Waals surface area contributed by atoms with Crippen LogP contribution in [0, 0.1) is 0 Å². The molecule has 0 bridgehead atoms. The van der Waals surface area contributed by atoms with Crippen molar-refractivity contribution < 1.29 is 4.79 Å². The van der Waals surface area contributed by atoms with E-state index in [0.717, 1.165) is 11.1 Å². The maximum absolute atomic E-state index is 12.5. The Morgan fingerprint density at radius 3 is 2.37 bits per heavy atom. The highest BCUT2D eigenvalue weighted by molar-refractivity contribution is 6.30. The number of hydrogen-bond acceptors (Lipinski definition) is 1. The van der Waals surface area contributed by atoms with Crippen molar-refractivity contribution in [1.29, 1.82) is 0 Å². The number of hydrogen-bond donors (Lipinski definition) is 0. The summed E-state index contributed by atoms with van der Waals surface area (Å²) in [5, 5.41) is 0.669.